The summed E-state index contributed by atoms with van der Waals surface area (Å²) in [6, 6.07) is 15.1. The van der Waals surface area contributed by atoms with Crippen LogP contribution in [0.25, 0.3) is 5.69 Å². The number of benzene rings is 2. The average Bonchev–Trinajstić information content (AvgIpc) is 3.28. The van der Waals surface area contributed by atoms with E-state index in [9.17, 15) is 4.79 Å². The zero-order valence-electron chi connectivity index (χ0n) is 19.3. The van der Waals surface area contributed by atoms with Crippen LogP contribution in [0, 0.1) is 0 Å². The number of hydrogen-bond donors (Lipinski definition) is 0. The smallest absolute Gasteiger partial charge is 0.253 e. The van der Waals surface area contributed by atoms with E-state index in [0.717, 1.165) is 36.1 Å². The molecule has 0 unspecified atom stereocenters. The molecular formula is C24H30N6O3. The van der Waals surface area contributed by atoms with Gasteiger partial charge in [0.25, 0.3) is 5.91 Å². The highest BCUT2D eigenvalue weighted by Gasteiger charge is 2.23. The van der Waals surface area contributed by atoms with E-state index in [0.29, 0.717) is 31.8 Å². The molecule has 0 radical (unpaired) electrons. The van der Waals surface area contributed by atoms with Crippen molar-refractivity contribution in [1.82, 2.24) is 30.0 Å². The Kier molecular flexibility index (Phi) is 7.19. The number of aromatic nitrogens is 4. The maximum absolute atomic E-state index is 12.9. The predicted octanol–water partition coefficient (Wildman–Crippen LogP) is 2.81. The summed E-state index contributed by atoms with van der Waals surface area (Å²) in [4.78, 5) is 17.0. The molecule has 1 aromatic heterocycles. The largest absolute Gasteiger partial charge is 0.494 e. The minimum Gasteiger partial charge on any atom is -0.494 e. The second kappa shape index (κ2) is 10.4. The van der Waals surface area contributed by atoms with Crippen LogP contribution < -0.4 is 9.47 Å². The van der Waals surface area contributed by atoms with Gasteiger partial charge in [-0.25, -0.2) is 0 Å². The van der Waals surface area contributed by atoms with Crippen LogP contribution in [-0.2, 0) is 6.54 Å². The van der Waals surface area contributed by atoms with Gasteiger partial charge in [-0.1, -0.05) is 0 Å². The van der Waals surface area contributed by atoms with Crippen molar-refractivity contribution in [1.29, 1.82) is 0 Å². The maximum atomic E-state index is 12.9. The third-order valence-electron chi connectivity index (χ3n) is 5.42. The molecule has 3 aromatic rings. The SMILES string of the molecule is CCOc1ccc(-n2nnnc2CN2CCN(C(=O)c3ccc(OC(C)C)cc3)CC2)cc1. The average molecular weight is 451 g/mol. The molecule has 1 saturated heterocycles. The quantitative estimate of drug-likeness (QED) is 0.522. The van der Waals surface area contributed by atoms with Crippen LogP contribution >= 0.6 is 0 Å². The summed E-state index contributed by atoms with van der Waals surface area (Å²) >= 11 is 0. The predicted molar refractivity (Wildman–Crippen MR) is 124 cm³/mol. The lowest BCUT2D eigenvalue weighted by Gasteiger charge is -2.34. The van der Waals surface area contributed by atoms with E-state index in [-0.39, 0.29) is 12.0 Å². The first-order chi connectivity index (χ1) is 16.0. The van der Waals surface area contributed by atoms with E-state index in [1.165, 1.54) is 0 Å². The van der Waals surface area contributed by atoms with Crippen LogP contribution in [0.4, 0.5) is 0 Å². The summed E-state index contributed by atoms with van der Waals surface area (Å²) in [5.74, 6) is 2.40. The highest BCUT2D eigenvalue weighted by atomic mass is 16.5. The van der Waals surface area contributed by atoms with Crippen molar-refractivity contribution in [2.45, 2.75) is 33.4 Å². The van der Waals surface area contributed by atoms with Crippen LogP contribution in [0.2, 0.25) is 0 Å². The summed E-state index contributed by atoms with van der Waals surface area (Å²) in [6.07, 6.45) is 0.107. The molecular weight excluding hydrogens is 420 g/mol. The molecule has 0 saturated carbocycles. The molecule has 2 heterocycles. The van der Waals surface area contributed by atoms with Gasteiger partial charge in [-0.2, -0.15) is 4.68 Å². The second-order valence-corrected chi connectivity index (χ2v) is 8.19. The molecule has 0 bridgehead atoms. The molecule has 174 valence electrons. The van der Waals surface area contributed by atoms with Crippen molar-refractivity contribution < 1.29 is 14.3 Å². The number of amides is 1. The second-order valence-electron chi connectivity index (χ2n) is 8.19. The molecule has 0 atom stereocenters. The third kappa shape index (κ3) is 5.67. The lowest BCUT2D eigenvalue weighted by atomic mass is 10.1. The van der Waals surface area contributed by atoms with Crippen molar-refractivity contribution >= 4 is 5.91 Å². The summed E-state index contributed by atoms with van der Waals surface area (Å²) in [6.45, 7) is 10.0. The van der Waals surface area contributed by atoms with Gasteiger partial charge in [-0.15, -0.1) is 5.10 Å². The van der Waals surface area contributed by atoms with E-state index < -0.39 is 0 Å². The Morgan fingerprint density at radius 2 is 1.64 bits per heavy atom. The van der Waals surface area contributed by atoms with Gasteiger partial charge in [-0.05, 0) is 79.7 Å². The molecule has 2 aromatic carbocycles. The summed E-state index contributed by atoms with van der Waals surface area (Å²) in [5.41, 5.74) is 1.57. The Labute approximate surface area is 193 Å². The molecule has 33 heavy (non-hydrogen) atoms. The van der Waals surface area contributed by atoms with Crippen molar-refractivity contribution in [2.24, 2.45) is 0 Å². The molecule has 1 aliphatic heterocycles. The molecule has 9 nitrogen and oxygen atoms in total. The maximum Gasteiger partial charge on any atom is 0.253 e. The van der Waals surface area contributed by atoms with Crippen LogP contribution in [0.5, 0.6) is 11.5 Å². The van der Waals surface area contributed by atoms with Gasteiger partial charge in [0, 0.05) is 31.7 Å². The van der Waals surface area contributed by atoms with Gasteiger partial charge in [0.15, 0.2) is 5.82 Å². The fourth-order valence-corrected chi connectivity index (χ4v) is 3.79. The number of nitrogens with zero attached hydrogens (tertiary/aromatic N) is 6. The van der Waals surface area contributed by atoms with Gasteiger partial charge in [-0.3, -0.25) is 9.69 Å². The Balaban J connectivity index is 1.33. The topological polar surface area (TPSA) is 85.6 Å². The molecule has 9 heteroatoms. The molecule has 1 amide bonds. The molecule has 0 N–H and O–H groups in total. The van der Waals surface area contributed by atoms with Crippen molar-refractivity contribution in [3.05, 3.63) is 59.9 Å². The van der Waals surface area contributed by atoms with Gasteiger partial charge >= 0.3 is 0 Å². The van der Waals surface area contributed by atoms with E-state index >= 15 is 0 Å². The Morgan fingerprint density at radius 3 is 2.27 bits per heavy atom. The zero-order chi connectivity index (χ0) is 23.2. The van der Waals surface area contributed by atoms with E-state index in [2.05, 4.69) is 20.4 Å². The number of rotatable bonds is 8. The fourth-order valence-electron chi connectivity index (χ4n) is 3.79. The van der Waals surface area contributed by atoms with E-state index in [4.69, 9.17) is 9.47 Å². The highest BCUT2D eigenvalue weighted by Crippen LogP contribution is 2.18. The van der Waals surface area contributed by atoms with Gasteiger partial charge < -0.3 is 14.4 Å². The summed E-state index contributed by atoms with van der Waals surface area (Å²) in [5, 5.41) is 12.2. The monoisotopic (exact) mass is 450 g/mol. The first-order valence-electron chi connectivity index (χ1n) is 11.3. The first-order valence-corrected chi connectivity index (χ1v) is 11.3. The highest BCUT2D eigenvalue weighted by molar-refractivity contribution is 5.94. The summed E-state index contributed by atoms with van der Waals surface area (Å²) < 4.78 is 12.9. The minimum atomic E-state index is 0.0463. The number of hydrogen-bond acceptors (Lipinski definition) is 7. The van der Waals surface area contributed by atoms with E-state index in [1.807, 2.05) is 74.2 Å². The molecule has 1 fully saturated rings. The van der Waals surface area contributed by atoms with Crippen LogP contribution in [0.15, 0.2) is 48.5 Å². The van der Waals surface area contributed by atoms with E-state index in [1.54, 1.807) is 4.68 Å². The summed E-state index contributed by atoms with van der Waals surface area (Å²) in [7, 11) is 0. The van der Waals surface area contributed by atoms with Crippen LogP contribution in [0.1, 0.15) is 37.0 Å². The Hall–Kier alpha value is -3.46. The number of carbonyl (C=O) groups is 1. The normalized spacial score (nSPS) is 14.5. The minimum absolute atomic E-state index is 0.0463. The zero-order valence-corrected chi connectivity index (χ0v) is 19.3. The molecule has 4 rings (SSSR count). The van der Waals surface area contributed by atoms with Gasteiger partial charge in [0.05, 0.1) is 24.9 Å². The third-order valence-corrected chi connectivity index (χ3v) is 5.42. The standard InChI is InChI=1S/C24H30N6O3/c1-4-32-21-11-7-20(8-12-21)30-23(25-26-27-30)17-28-13-15-29(16-14-28)24(31)19-5-9-22(10-6-19)33-18(2)3/h5-12,18H,4,13-17H2,1-3H3. The number of piperazine rings is 1. The molecule has 1 aliphatic rings. The van der Waals surface area contributed by atoms with Gasteiger partial charge in [0.1, 0.15) is 11.5 Å². The lowest BCUT2D eigenvalue weighted by molar-refractivity contribution is 0.0624. The molecule has 0 aliphatic carbocycles. The molecule has 0 spiro atoms. The number of carbonyl (C=O) groups excluding carboxylic acids is 1. The lowest BCUT2D eigenvalue weighted by Crippen LogP contribution is -2.48. The number of ether oxygens (including phenoxy) is 2. The Morgan fingerprint density at radius 1 is 0.970 bits per heavy atom. The van der Waals surface area contributed by atoms with Crippen LogP contribution in [-0.4, -0.2) is 74.8 Å². The first kappa shape index (κ1) is 22.7. The Bertz CT molecular complexity index is 1040. The van der Waals surface area contributed by atoms with Gasteiger partial charge in [0.2, 0.25) is 0 Å². The number of tetrazole rings is 1. The van der Waals surface area contributed by atoms with Crippen molar-refractivity contribution in [2.75, 3.05) is 32.8 Å². The van der Waals surface area contributed by atoms with Crippen molar-refractivity contribution in [3.8, 4) is 17.2 Å². The van der Waals surface area contributed by atoms with Crippen molar-refractivity contribution in [3.63, 3.8) is 0 Å². The fraction of sp³-hybridized carbons (Fsp3) is 0.417. The van der Waals surface area contributed by atoms with Crippen LogP contribution in [0.3, 0.4) is 0 Å².